The van der Waals surface area contributed by atoms with E-state index in [4.69, 9.17) is 5.11 Å². The second kappa shape index (κ2) is 28.8. The van der Waals surface area contributed by atoms with Gasteiger partial charge in [0.2, 0.25) is 41.2 Å². The Morgan fingerprint density at radius 2 is 1.01 bits per heavy atom. The molecule has 0 radical (unpaired) electrons. The van der Waals surface area contributed by atoms with Gasteiger partial charge >= 0.3 is 17.9 Å². The first-order valence-electron chi connectivity index (χ1n) is 23.8. The molecule has 394 valence electrons. The fourth-order valence-electron chi connectivity index (χ4n) is 7.45. The summed E-state index contributed by atoms with van der Waals surface area (Å²) in [6.07, 6.45) is -3.70. The molecule has 73 heavy (non-hydrogen) atoms. The lowest BCUT2D eigenvalue weighted by Gasteiger charge is -2.34. The van der Waals surface area contributed by atoms with E-state index in [1.165, 1.54) is 0 Å². The summed E-state index contributed by atoms with van der Waals surface area (Å²) in [5.74, 6) is -12.1. The van der Waals surface area contributed by atoms with Crippen molar-refractivity contribution in [2.75, 3.05) is 0 Å². The molecule has 0 heterocycles. The molecule has 1 unspecified atom stereocenters. The fraction of sp³-hybridized carbons (Fsp3) is 0.442. The highest BCUT2D eigenvalue weighted by molar-refractivity contribution is 6.38. The van der Waals surface area contributed by atoms with E-state index in [2.05, 4.69) is 37.2 Å². The lowest BCUT2D eigenvalue weighted by molar-refractivity contribution is -0.142. The number of amides is 7. The maximum absolute atomic E-state index is 14.5. The van der Waals surface area contributed by atoms with Crippen LogP contribution in [-0.4, -0.2) is 117 Å². The van der Waals surface area contributed by atoms with Crippen LogP contribution in [0, 0.1) is 18.3 Å². The first-order chi connectivity index (χ1) is 34.3. The number of carboxylic acid groups (broad SMARTS) is 3. The van der Waals surface area contributed by atoms with Crippen LogP contribution in [0.25, 0.3) is 0 Å². The highest BCUT2D eigenvalue weighted by atomic mass is 16.4. The van der Waals surface area contributed by atoms with Crippen LogP contribution < -0.4 is 37.2 Å². The zero-order valence-electron chi connectivity index (χ0n) is 41.8. The molecule has 21 heteroatoms. The third-order valence-corrected chi connectivity index (χ3v) is 11.4. The second-order valence-corrected chi connectivity index (χ2v) is 19.1. The Labute approximate surface area is 423 Å². The molecule has 3 rings (SSSR count). The summed E-state index contributed by atoms with van der Waals surface area (Å²) in [6, 6.07) is 15.3. The van der Waals surface area contributed by atoms with Crippen molar-refractivity contribution in [3.63, 3.8) is 0 Å². The zero-order valence-corrected chi connectivity index (χ0v) is 41.8. The molecule has 0 saturated carbocycles. The predicted molar refractivity (Wildman–Crippen MR) is 265 cm³/mol. The fourth-order valence-corrected chi connectivity index (χ4v) is 7.45. The Kier molecular flexibility index (Phi) is 23.4. The van der Waals surface area contributed by atoms with Crippen LogP contribution in [0.3, 0.4) is 0 Å². The molecule has 0 bridgehead atoms. The lowest BCUT2D eigenvalue weighted by Crippen LogP contribution is -2.62. The van der Waals surface area contributed by atoms with Gasteiger partial charge in [-0.1, -0.05) is 120 Å². The molecule has 21 nitrogen and oxygen atoms in total. The van der Waals surface area contributed by atoms with Gasteiger partial charge < -0.3 is 52.5 Å². The molecule has 0 saturated heterocycles. The van der Waals surface area contributed by atoms with Crippen LogP contribution in [-0.2, 0) is 72.1 Å². The van der Waals surface area contributed by atoms with Crippen LogP contribution in [0.5, 0.6) is 0 Å². The quantitative estimate of drug-likeness (QED) is 0.0444. The summed E-state index contributed by atoms with van der Waals surface area (Å²) in [5, 5.41) is 45.6. The van der Waals surface area contributed by atoms with E-state index in [1.807, 2.05) is 0 Å². The summed E-state index contributed by atoms with van der Waals surface area (Å²) >= 11 is 0. The Hall–Kier alpha value is -7.97. The van der Waals surface area contributed by atoms with Crippen LogP contribution in [0.4, 0.5) is 0 Å². The maximum Gasteiger partial charge on any atom is 0.305 e. The molecule has 0 spiro atoms. The number of carboxylic acids is 3. The van der Waals surface area contributed by atoms with Gasteiger partial charge in [0.1, 0.15) is 36.3 Å². The Balaban J connectivity index is 1.94. The molecular formula is C52H67N7O14. The van der Waals surface area contributed by atoms with Crippen molar-refractivity contribution in [3.8, 4) is 0 Å². The SMILES string of the molecule is Cc1ccccc1C[C@H](NC(=O)[C@H](CCC(=O)O)NC(=O)[C@H](CC(=O)O)NC(=O)CCC(=O)O)C(=O)N[C@H](C(=O)N[C@@H](CC(C)C)C(=O)NC(Cc1ccccc1)C(=O)C(=O)NCc1ccccc1)C(C)(C)C. The number of rotatable bonds is 29. The smallest absolute Gasteiger partial charge is 0.305 e. The molecule has 0 fully saturated rings. The first kappa shape index (κ1) is 59.3. The van der Waals surface area contributed by atoms with Crippen LogP contribution in [0.15, 0.2) is 84.9 Å². The molecule has 0 aliphatic carbocycles. The van der Waals surface area contributed by atoms with Crippen LogP contribution in [0.1, 0.15) is 95.4 Å². The normalized spacial score (nSPS) is 13.6. The van der Waals surface area contributed by atoms with E-state index in [9.17, 15) is 63.0 Å². The van der Waals surface area contributed by atoms with Gasteiger partial charge in [-0.25, -0.2) is 0 Å². The number of hydrogen-bond donors (Lipinski definition) is 10. The summed E-state index contributed by atoms with van der Waals surface area (Å²) in [6.45, 7) is 10.3. The number of aliphatic carboxylic acids is 3. The Bertz CT molecular complexity index is 2440. The summed E-state index contributed by atoms with van der Waals surface area (Å²) < 4.78 is 0. The van der Waals surface area contributed by atoms with Crippen molar-refractivity contribution < 1.29 is 68.1 Å². The van der Waals surface area contributed by atoms with Crippen molar-refractivity contribution in [3.05, 3.63) is 107 Å². The molecule has 6 atom stereocenters. The minimum atomic E-state index is -1.82. The number of ketones is 1. The molecule has 10 N–H and O–H groups in total. The minimum absolute atomic E-state index is 0.0510. The monoisotopic (exact) mass is 1010 g/mol. The molecule has 0 aliphatic rings. The molecular weight excluding hydrogens is 947 g/mol. The topological polar surface area (TPSA) is 333 Å². The third kappa shape index (κ3) is 21.1. The van der Waals surface area contributed by atoms with Crippen molar-refractivity contribution in [2.24, 2.45) is 11.3 Å². The van der Waals surface area contributed by atoms with Gasteiger partial charge in [0, 0.05) is 32.2 Å². The van der Waals surface area contributed by atoms with Gasteiger partial charge in [0.05, 0.1) is 12.8 Å². The Morgan fingerprint density at radius 1 is 0.507 bits per heavy atom. The number of aryl methyl sites for hydroxylation is 1. The highest BCUT2D eigenvalue weighted by Gasteiger charge is 2.39. The predicted octanol–water partition coefficient (Wildman–Crippen LogP) is 1.87. The van der Waals surface area contributed by atoms with E-state index in [0.717, 1.165) is 5.56 Å². The van der Waals surface area contributed by atoms with Crippen molar-refractivity contribution in [1.29, 1.82) is 0 Å². The number of Topliss-reactive ketones (excluding diaryl/α,β-unsaturated/α-hetero) is 1. The van der Waals surface area contributed by atoms with E-state index >= 15 is 0 Å². The van der Waals surface area contributed by atoms with E-state index in [1.54, 1.807) is 126 Å². The average molecular weight is 1010 g/mol. The molecule has 0 aromatic heterocycles. The van der Waals surface area contributed by atoms with Gasteiger partial charge in [-0.05, 0) is 53.4 Å². The van der Waals surface area contributed by atoms with Gasteiger partial charge in [0.15, 0.2) is 0 Å². The largest absolute Gasteiger partial charge is 0.481 e. The van der Waals surface area contributed by atoms with Gasteiger partial charge in [-0.3, -0.25) is 52.7 Å². The lowest BCUT2D eigenvalue weighted by atomic mass is 9.85. The second-order valence-electron chi connectivity index (χ2n) is 19.1. The van der Waals surface area contributed by atoms with Gasteiger partial charge in [0.25, 0.3) is 5.91 Å². The number of benzene rings is 3. The summed E-state index contributed by atoms with van der Waals surface area (Å²) in [7, 11) is 0. The van der Waals surface area contributed by atoms with E-state index < -0.39 is 139 Å². The average Bonchev–Trinajstić information content (AvgIpc) is 3.32. The van der Waals surface area contributed by atoms with Gasteiger partial charge in [-0.2, -0.15) is 0 Å². The molecule has 3 aromatic carbocycles. The van der Waals surface area contributed by atoms with Crippen molar-refractivity contribution >= 4 is 65.0 Å². The number of carbonyl (C=O) groups is 11. The zero-order chi connectivity index (χ0) is 54.4. The number of carbonyl (C=O) groups excluding carboxylic acids is 8. The molecule has 7 amide bonds. The van der Waals surface area contributed by atoms with E-state index in [0.29, 0.717) is 16.7 Å². The maximum atomic E-state index is 14.5. The third-order valence-electron chi connectivity index (χ3n) is 11.4. The minimum Gasteiger partial charge on any atom is -0.481 e. The number of nitrogens with one attached hydrogen (secondary N) is 7. The highest BCUT2D eigenvalue weighted by Crippen LogP contribution is 2.21. The van der Waals surface area contributed by atoms with Crippen molar-refractivity contribution in [1.82, 2.24) is 37.2 Å². The molecule has 3 aromatic rings. The van der Waals surface area contributed by atoms with Gasteiger partial charge in [-0.15, -0.1) is 0 Å². The summed E-state index contributed by atoms with van der Waals surface area (Å²) in [5.41, 5.74) is 1.57. The van der Waals surface area contributed by atoms with Crippen LogP contribution in [0.2, 0.25) is 0 Å². The van der Waals surface area contributed by atoms with Crippen LogP contribution >= 0.6 is 0 Å². The number of hydrogen-bond acceptors (Lipinski definition) is 11. The standard InChI is InChI=1S/C52H67N7O14/c1-30(2)25-37(47(69)56-36(26-32-16-9-7-10-17-32)44(67)50(72)53-29-33-18-11-8-12-19-33)58-51(73)45(52(4,5)6)59-49(71)38(27-34-20-14-13-15-31(34)3)57-46(68)35(21-23-41(61)62)55-48(70)39(28-43(65)66)54-40(60)22-24-42(63)64/h7-20,30,35-39,45H,21-29H2,1-6H3,(H,53,72)(H,54,60)(H,55,70)(H,56,69)(H,57,68)(H,58,73)(H,59,71)(H,61,62)(H,63,64)(H,65,66)/t35-,36?,37-,38-,39-,45+/m0/s1. The first-order valence-corrected chi connectivity index (χ1v) is 23.8. The van der Waals surface area contributed by atoms with E-state index in [-0.39, 0.29) is 31.7 Å². The molecule has 0 aliphatic heterocycles. The Morgan fingerprint density at radius 3 is 1.58 bits per heavy atom. The summed E-state index contributed by atoms with van der Waals surface area (Å²) in [4.78, 5) is 145. The van der Waals surface area contributed by atoms with Crippen molar-refractivity contribution in [2.45, 2.75) is 136 Å².